The molecule has 1 amide bonds. The Kier molecular flexibility index (Phi) is 3.22. The minimum absolute atomic E-state index is 0.0229. The van der Waals surface area contributed by atoms with E-state index in [2.05, 4.69) is 5.32 Å². The Bertz CT molecular complexity index is 607. The summed E-state index contributed by atoms with van der Waals surface area (Å²) in [6, 6.07) is 4.50. The van der Waals surface area contributed by atoms with Crippen molar-refractivity contribution < 1.29 is 22.7 Å². The maximum Gasteiger partial charge on any atom is 0.417 e. The Morgan fingerprint density at radius 2 is 2.10 bits per heavy atom. The van der Waals surface area contributed by atoms with Gasteiger partial charge in [-0.2, -0.15) is 18.4 Å². The number of rotatable bonds is 2. The average Bonchev–Trinajstić information content (AvgIpc) is 2.97. The molecule has 7 heteroatoms. The van der Waals surface area contributed by atoms with Crippen LogP contribution < -0.4 is 5.32 Å². The van der Waals surface area contributed by atoms with Gasteiger partial charge in [0.2, 0.25) is 0 Å². The fourth-order valence-electron chi connectivity index (χ4n) is 1.78. The number of nitrogens with zero attached hydrogens (tertiary/aromatic N) is 1. The average molecular weight is 284 g/mol. The zero-order valence-corrected chi connectivity index (χ0v) is 10.7. The molecule has 20 heavy (non-hydrogen) atoms. The van der Waals surface area contributed by atoms with Crippen molar-refractivity contribution in [1.29, 1.82) is 5.26 Å². The molecular formula is C13H11F3N2O2. The van der Waals surface area contributed by atoms with E-state index in [-0.39, 0.29) is 11.8 Å². The number of halogens is 3. The number of hydrogen-bond donors (Lipinski definition) is 1. The minimum atomic E-state index is -4.65. The maximum atomic E-state index is 12.8. The quantitative estimate of drug-likeness (QED) is 0.849. The van der Waals surface area contributed by atoms with Crippen LogP contribution in [0.3, 0.4) is 0 Å². The summed E-state index contributed by atoms with van der Waals surface area (Å²) in [5.41, 5.74) is -2.59. The minimum Gasteiger partial charge on any atom is -0.356 e. The van der Waals surface area contributed by atoms with Crippen molar-refractivity contribution in [3.63, 3.8) is 0 Å². The number of amides is 1. The molecule has 1 aromatic carbocycles. The van der Waals surface area contributed by atoms with Gasteiger partial charge < -0.3 is 10.1 Å². The fraction of sp³-hybridized carbons (Fsp3) is 0.385. The molecule has 1 fully saturated rings. The van der Waals surface area contributed by atoms with E-state index in [1.807, 2.05) is 0 Å². The van der Waals surface area contributed by atoms with Crippen molar-refractivity contribution in [3.8, 4) is 6.07 Å². The van der Waals surface area contributed by atoms with E-state index in [1.54, 1.807) is 13.8 Å². The lowest BCUT2D eigenvalue weighted by molar-refractivity contribution is -0.137. The topological polar surface area (TPSA) is 65.4 Å². The van der Waals surface area contributed by atoms with Crippen LogP contribution >= 0.6 is 0 Å². The third-order valence-corrected chi connectivity index (χ3v) is 3.29. The second kappa shape index (κ2) is 4.49. The van der Waals surface area contributed by atoms with Gasteiger partial charge in [-0.1, -0.05) is 0 Å². The Labute approximate surface area is 113 Å². The van der Waals surface area contributed by atoms with E-state index < -0.39 is 28.8 Å². The summed E-state index contributed by atoms with van der Waals surface area (Å²) in [5, 5.41) is 11.0. The summed E-state index contributed by atoms with van der Waals surface area (Å²) in [5.74, 6) is -0.511. The number of carbonyl (C=O) groups is 1. The molecule has 2 rings (SSSR count). The number of anilines is 1. The van der Waals surface area contributed by atoms with Crippen LogP contribution in [0.25, 0.3) is 0 Å². The largest absolute Gasteiger partial charge is 0.417 e. The Hall–Kier alpha value is -2.07. The van der Waals surface area contributed by atoms with Crippen molar-refractivity contribution in [2.24, 2.45) is 0 Å². The number of nitriles is 1. The van der Waals surface area contributed by atoms with E-state index >= 15 is 0 Å². The standard InChI is InChI=1S/C13H11F3N2O2/c1-7-12(2,20-7)11(19)18-9-4-3-8(6-17)10(5-9)13(14,15)16/h3-5,7H,1-2H3,(H,18,19)/t7?,12-/m1/s1. The molecule has 1 aromatic rings. The van der Waals surface area contributed by atoms with Crippen LogP contribution in [0.15, 0.2) is 18.2 Å². The Balaban J connectivity index is 2.27. The lowest BCUT2D eigenvalue weighted by Crippen LogP contribution is -2.30. The first-order valence-corrected chi connectivity index (χ1v) is 5.79. The smallest absolute Gasteiger partial charge is 0.356 e. The van der Waals surface area contributed by atoms with Crippen molar-refractivity contribution >= 4 is 11.6 Å². The SMILES string of the molecule is CC1O[C@@]1(C)C(=O)Nc1ccc(C#N)c(C(F)(F)F)c1. The molecule has 0 radical (unpaired) electrons. The van der Waals surface area contributed by atoms with Gasteiger partial charge in [-0.15, -0.1) is 0 Å². The van der Waals surface area contributed by atoms with Crippen LogP contribution in [0, 0.1) is 11.3 Å². The van der Waals surface area contributed by atoms with E-state index in [0.29, 0.717) is 0 Å². The summed E-state index contributed by atoms with van der Waals surface area (Å²) >= 11 is 0. The van der Waals surface area contributed by atoms with Gasteiger partial charge in [-0.3, -0.25) is 4.79 Å². The highest BCUT2D eigenvalue weighted by molar-refractivity contribution is 5.99. The van der Waals surface area contributed by atoms with Gasteiger partial charge in [0.25, 0.3) is 5.91 Å². The molecule has 0 spiro atoms. The molecule has 0 bridgehead atoms. The lowest BCUT2D eigenvalue weighted by Gasteiger charge is -2.12. The number of carbonyl (C=O) groups excluding carboxylic acids is 1. The lowest BCUT2D eigenvalue weighted by atomic mass is 10.1. The molecule has 1 heterocycles. The van der Waals surface area contributed by atoms with Crippen molar-refractivity contribution in [1.82, 2.24) is 0 Å². The van der Waals surface area contributed by atoms with Crippen LogP contribution in [-0.2, 0) is 15.7 Å². The van der Waals surface area contributed by atoms with Crippen molar-refractivity contribution in [3.05, 3.63) is 29.3 Å². The van der Waals surface area contributed by atoms with E-state index in [0.717, 1.165) is 12.1 Å². The van der Waals surface area contributed by atoms with E-state index in [9.17, 15) is 18.0 Å². The molecule has 0 saturated carbocycles. The molecule has 1 saturated heterocycles. The van der Waals surface area contributed by atoms with Gasteiger partial charge in [-0.25, -0.2) is 0 Å². The summed E-state index contributed by atoms with van der Waals surface area (Å²) in [6.07, 6.45) is -4.93. The summed E-state index contributed by atoms with van der Waals surface area (Å²) in [7, 11) is 0. The van der Waals surface area contributed by atoms with E-state index in [4.69, 9.17) is 10.00 Å². The van der Waals surface area contributed by atoms with Crippen molar-refractivity contribution in [2.45, 2.75) is 31.7 Å². The molecule has 0 aromatic heterocycles. The summed E-state index contributed by atoms with van der Waals surface area (Å²) in [6.45, 7) is 3.25. The highest BCUT2D eigenvalue weighted by atomic mass is 19.4. The van der Waals surface area contributed by atoms with Gasteiger partial charge in [0.05, 0.1) is 23.3 Å². The third-order valence-electron chi connectivity index (χ3n) is 3.29. The monoisotopic (exact) mass is 284 g/mol. The van der Waals surface area contributed by atoms with Crippen LogP contribution in [0.5, 0.6) is 0 Å². The molecule has 0 aliphatic carbocycles. The first-order chi connectivity index (χ1) is 9.18. The van der Waals surface area contributed by atoms with E-state index in [1.165, 1.54) is 12.1 Å². The van der Waals surface area contributed by atoms with Gasteiger partial charge in [0.15, 0.2) is 5.60 Å². The number of epoxide rings is 1. The summed E-state index contributed by atoms with van der Waals surface area (Å²) in [4.78, 5) is 11.8. The summed E-state index contributed by atoms with van der Waals surface area (Å²) < 4.78 is 43.4. The Morgan fingerprint density at radius 3 is 2.55 bits per heavy atom. The molecule has 4 nitrogen and oxygen atoms in total. The number of hydrogen-bond acceptors (Lipinski definition) is 3. The third kappa shape index (κ3) is 2.47. The number of alkyl halides is 3. The predicted octanol–water partition coefficient (Wildman–Crippen LogP) is 2.69. The van der Waals surface area contributed by atoms with Gasteiger partial charge in [-0.05, 0) is 32.0 Å². The zero-order chi connectivity index (χ0) is 15.1. The molecule has 1 unspecified atom stereocenters. The highest BCUT2D eigenvalue weighted by Crippen LogP contribution is 2.37. The van der Waals surface area contributed by atoms with Crippen LogP contribution in [0.2, 0.25) is 0 Å². The highest BCUT2D eigenvalue weighted by Gasteiger charge is 2.55. The predicted molar refractivity (Wildman–Crippen MR) is 63.7 cm³/mol. The van der Waals surface area contributed by atoms with Crippen LogP contribution in [-0.4, -0.2) is 17.6 Å². The van der Waals surface area contributed by atoms with Gasteiger partial charge >= 0.3 is 6.18 Å². The number of ether oxygens (including phenoxy) is 1. The first-order valence-electron chi connectivity index (χ1n) is 5.79. The first kappa shape index (κ1) is 14.3. The molecule has 1 aliphatic rings. The zero-order valence-electron chi connectivity index (χ0n) is 10.7. The molecule has 1 aliphatic heterocycles. The maximum absolute atomic E-state index is 12.8. The Morgan fingerprint density at radius 1 is 1.50 bits per heavy atom. The number of nitrogens with one attached hydrogen (secondary N) is 1. The molecule has 106 valence electrons. The second-order valence-corrected chi connectivity index (χ2v) is 4.69. The number of benzene rings is 1. The van der Waals surface area contributed by atoms with Crippen molar-refractivity contribution in [2.75, 3.05) is 5.32 Å². The van der Waals surface area contributed by atoms with Crippen LogP contribution in [0.4, 0.5) is 18.9 Å². The molecular weight excluding hydrogens is 273 g/mol. The molecule has 1 N–H and O–H groups in total. The normalized spacial score (nSPS) is 24.9. The second-order valence-electron chi connectivity index (χ2n) is 4.69. The van der Waals surface area contributed by atoms with Crippen LogP contribution in [0.1, 0.15) is 25.0 Å². The van der Waals surface area contributed by atoms with Gasteiger partial charge in [0, 0.05) is 5.69 Å². The molecule has 2 atom stereocenters. The van der Waals surface area contributed by atoms with Gasteiger partial charge in [0.1, 0.15) is 0 Å². The fourth-order valence-corrected chi connectivity index (χ4v) is 1.78.